The van der Waals surface area contributed by atoms with E-state index in [1.165, 1.54) is 0 Å². The lowest BCUT2D eigenvalue weighted by atomic mass is 10.2. The van der Waals surface area contributed by atoms with Crippen LogP contribution in [0.1, 0.15) is 13.3 Å². The number of fused-ring (bicyclic) bond motifs is 2. The van der Waals surface area contributed by atoms with Crippen molar-refractivity contribution in [2.45, 2.75) is 18.2 Å². The number of hydrogen-bond donors (Lipinski definition) is 0. The van der Waals surface area contributed by atoms with E-state index in [9.17, 15) is 4.79 Å². The predicted octanol–water partition coefficient (Wildman–Crippen LogP) is 5.57. The Morgan fingerprint density at radius 1 is 1.05 bits per heavy atom. The van der Waals surface area contributed by atoms with Crippen molar-refractivity contribution in [3.8, 4) is 0 Å². The van der Waals surface area contributed by atoms with Crippen LogP contribution in [0.25, 0.3) is 20.2 Å². The van der Waals surface area contributed by atoms with Crippen molar-refractivity contribution in [2.75, 3.05) is 5.75 Å². The molecule has 102 valence electrons. The summed E-state index contributed by atoms with van der Waals surface area (Å²) < 4.78 is 2.14. The van der Waals surface area contributed by atoms with E-state index in [-0.39, 0.29) is 5.43 Å². The van der Waals surface area contributed by atoms with Gasteiger partial charge in [0.15, 0.2) is 5.43 Å². The molecule has 0 radical (unpaired) electrons. The summed E-state index contributed by atoms with van der Waals surface area (Å²) in [6, 6.07) is 14.0. The lowest BCUT2D eigenvalue weighted by Crippen LogP contribution is -2.01. The van der Waals surface area contributed by atoms with Crippen LogP contribution in [0.3, 0.4) is 0 Å². The van der Waals surface area contributed by atoms with Crippen LogP contribution in [-0.2, 0) is 0 Å². The first-order valence-corrected chi connectivity index (χ1v) is 9.69. The summed E-state index contributed by atoms with van der Waals surface area (Å²) in [7, 11) is 3.54. The quantitative estimate of drug-likeness (QED) is 0.356. The lowest BCUT2D eigenvalue weighted by molar-refractivity contribution is 1.11. The highest BCUT2D eigenvalue weighted by atomic mass is 33.1. The molecule has 0 amide bonds. The molecule has 4 heteroatoms. The Morgan fingerprint density at radius 3 is 2.70 bits per heavy atom. The number of benzene rings is 2. The molecule has 0 N–H and O–H groups in total. The van der Waals surface area contributed by atoms with Crippen LogP contribution in [0.5, 0.6) is 0 Å². The smallest absolute Gasteiger partial charge is 0.197 e. The zero-order valence-electron chi connectivity index (χ0n) is 11.1. The molecular formula is C16H14OS3. The molecule has 0 aliphatic rings. The highest BCUT2D eigenvalue weighted by molar-refractivity contribution is 8.76. The summed E-state index contributed by atoms with van der Waals surface area (Å²) in [4.78, 5) is 13.8. The zero-order chi connectivity index (χ0) is 13.9. The van der Waals surface area contributed by atoms with Crippen LogP contribution in [0, 0.1) is 0 Å². The van der Waals surface area contributed by atoms with E-state index in [0.29, 0.717) is 0 Å². The van der Waals surface area contributed by atoms with Crippen LogP contribution in [-0.4, -0.2) is 5.75 Å². The van der Waals surface area contributed by atoms with Gasteiger partial charge in [-0.2, -0.15) is 0 Å². The van der Waals surface area contributed by atoms with E-state index in [4.69, 9.17) is 0 Å². The molecule has 1 nitrogen and oxygen atoms in total. The highest BCUT2D eigenvalue weighted by Crippen LogP contribution is 2.37. The van der Waals surface area contributed by atoms with Crippen molar-refractivity contribution in [3.63, 3.8) is 0 Å². The number of rotatable bonds is 4. The lowest BCUT2D eigenvalue weighted by Gasteiger charge is -2.06. The molecule has 0 unspecified atom stereocenters. The van der Waals surface area contributed by atoms with E-state index in [1.54, 1.807) is 22.1 Å². The molecule has 0 bridgehead atoms. The van der Waals surface area contributed by atoms with Gasteiger partial charge in [0.25, 0.3) is 0 Å². The molecule has 0 aliphatic carbocycles. The van der Waals surface area contributed by atoms with E-state index in [1.807, 2.05) is 47.2 Å². The van der Waals surface area contributed by atoms with Crippen LogP contribution in [0.15, 0.2) is 52.2 Å². The average Bonchev–Trinajstić information content (AvgIpc) is 2.48. The van der Waals surface area contributed by atoms with Crippen LogP contribution >= 0.6 is 32.9 Å². The standard InChI is InChI=1S/C16H14OS3/c1-2-10-18-20-14-9-5-8-13-15(14)16(17)11-6-3-4-7-12(11)19-13/h3-9H,2,10H2,1H3. The molecule has 1 heterocycles. The van der Waals surface area contributed by atoms with Gasteiger partial charge in [0, 0.05) is 25.4 Å². The summed E-state index contributed by atoms with van der Waals surface area (Å²) >= 11 is 1.70. The van der Waals surface area contributed by atoms with Gasteiger partial charge in [-0.15, -0.1) is 11.3 Å². The SMILES string of the molecule is CCCSSc1cccc2sc3ccccc3c(=O)c12. The van der Waals surface area contributed by atoms with Gasteiger partial charge in [0.1, 0.15) is 0 Å². The van der Waals surface area contributed by atoms with Gasteiger partial charge < -0.3 is 0 Å². The molecule has 0 spiro atoms. The second kappa shape index (κ2) is 6.20. The molecule has 1 aromatic heterocycles. The summed E-state index contributed by atoms with van der Waals surface area (Å²) in [5, 5.41) is 1.71. The summed E-state index contributed by atoms with van der Waals surface area (Å²) in [5.74, 6) is 1.10. The fourth-order valence-electron chi connectivity index (χ4n) is 2.07. The third-order valence-corrected chi connectivity index (χ3v) is 6.74. The second-order valence-corrected chi connectivity index (χ2v) is 8.00. The third kappa shape index (κ3) is 2.60. The molecule has 2 aromatic carbocycles. The fraction of sp³-hybridized carbons (Fsp3) is 0.188. The van der Waals surface area contributed by atoms with Gasteiger partial charge in [-0.25, -0.2) is 0 Å². The van der Waals surface area contributed by atoms with Crippen LogP contribution < -0.4 is 5.43 Å². The fourth-order valence-corrected chi connectivity index (χ4v) is 5.59. The highest BCUT2D eigenvalue weighted by Gasteiger charge is 2.10. The Labute approximate surface area is 129 Å². The third-order valence-electron chi connectivity index (χ3n) is 3.00. The second-order valence-electron chi connectivity index (χ2n) is 4.46. The topological polar surface area (TPSA) is 17.1 Å². The largest absolute Gasteiger partial charge is 0.288 e. The van der Waals surface area contributed by atoms with Gasteiger partial charge in [-0.05, 0) is 30.7 Å². The Hall–Kier alpha value is -0.970. The summed E-state index contributed by atoms with van der Waals surface area (Å²) in [6.45, 7) is 2.17. The minimum atomic E-state index is 0.162. The van der Waals surface area contributed by atoms with Crippen molar-refractivity contribution in [3.05, 3.63) is 52.7 Å². The van der Waals surface area contributed by atoms with E-state index >= 15 is 0 Å². The summed E-state index contributed by atoms with van der Waals surface area (Å²) in [5.41, 5.74) is 0.162. The molecule has 0 fully saturated rings. The van der Waals surface area contributed by atoms with E-state index < -0.39 is 0 Å². The minimum Gasteiger partial charge on any atom is -0.288 e. The van der Waals surface area contributed by atoms with Gasteiger partial charge in [0.05, 0.1) is 5.39 Å². The molecule has 3 rings (SSSR count). The van der Waals surface area contributed by atoms with Gasteiger partial charge >= 0.3 is 0 Å². The Balaban J connectivity index is 2.22. The minimum absolute atomic E-state index is 0.162. The molecule has 0 aliphatic heterocycles. The van der Waals surface area contributed by atoms with Crippen LogP contribution in [0.4, 0.5) is 0 Å². The normalized spacial score (nSPS) is 11.2. The Morgan fingerprint density at radius 2 is 1.85 bits per heavy atom. The van der Waals surface area contributed by atoms with Crippen molar-refractivity contribution in [2.24, 2.45) is 0 Å². The first kappa shape index (κ1) is 14.0. The average molecular weight is 318 g/mol. The predicted molar refractivity (Wildman–Crippen MR) is 94.2 cm³/mol. The molecule has 0 saturated heterocycles. The molecule has 20 heavy (non-hydrogen) atoms. The first-order chi connectivity index (χ1) is 9.81. The van der Waals surface area contributed by atoms with Crippen molar-refractivity contribution in [1.82, 2.24) is 0 Å². The van der Waals surface area contributed by atoms with Gasteiger partial charge in [-0.3, -0.25) is 4.79 Å². The Kier molecular flexibility index (Phi) is 4.34. The summed E-state index contributed by atoms with van der Waals surface area (Å²) in [6.07, 6.45) is 1.15. The van der Waals surface area contributed by atoms with Crippen molar-refractivity contribution >= 4 is 53.1 Å². The van der Waals surface area contributed by atoms with Crippen molar-refractivity contribution < 1.29 is 0 Å². The Bertz CT molecular complexity index is 808. The number of hydrogen-bond acceptors (Lipinski definition) is 4. The maximum absolute atomic E-state index is 12.7. The molecule has 0 saturated carbocycles. The maximum atomic E-state index is 12.7. The van der Waals surface area contributed by atoms with E-state index in [2.05, 4.69) is 13.0 Å². The van der Waals surface area contributed by atoms with Gasteiger partial charge in [-0.1, -0.05) is 46.7 Å². The molecular weight excluding hydrogens is 304 g/mol. The molecule has 0 atom stereocenters. The van der Waals surface area contributed by atoms with Crippen molar-refractivity contribution in [1.29, 1.82) is 0 Å². The first-order valence-electron chi connectivity index (χ1n) is 6.55. The monoisotopic (exact) mass is 318 g/mol. The zero-order valence-corrected chi connectivity index (χ0v) is 13.5. The van der Waals surface area contributed by atoms with E-state index in [0.717, 1.165) is 37.2 Å². The van der Waals surface area contributed by atoms with Gasteiger partial charge in [0.2, 0.25) is 0 Å². The molecule has 3 aromatic rings. The van der Waals surface area contributed by atoms with Crippen LogP contribution in [0.2, 0.25) is 0 Å². The maximum Gasteiger partial charge on any atom is 0.197 e.